The number of carbonyl (C=O) groups is 1. The van der Waals surface area contributed by atoms with Crippen LogP contribution in [-0.2, 0) is 6.61 Å². The lowest BCUT2D eigenvalue weighted by atomic mass is 10.1. The van der Waals surface area contributed by atoms with Crippen molar-refractivity contribution in [3.63, 3.8) is 0 Å². The number of nitro groups is 1. The van der Waals surface area contributed by atoms with Crippen LogP contribution in [0, 0.1) is 10.1 Å². The van der Waals surface area contributed by atoms with Gasteiger partial charge in [0.15, 0.2) is 12.0 Å². The number of hydrogen-bond donors (Lipinski definition) is 0. The van der Waals surface area contributed by atoms with Gasteiger partial charge in [-0.05, 0) is 11.6 Å². The average Bonchev–Trinajstić information content (AvgIpc) is 2.52. The topological polar surface area (TPSA) is 78.7 Å². The number of ether oxygens (including phenoxy) is 2. The zero-order valence-electron chi connectivity index (χ0n) is 11.3. The molecule has 6 heteroatoms. The molecule has 0 fully saturated rings. The summed E-state index contributed by atoms with van der Waals surface area (Å²) in [5.74, 6) is 0.0195. The third kappa shape index (κ3) is 3.17. The summed E-state index contributed by atoms with van der Waals surface area (Å²) >= 11 is 0. The van der Waals surface area contributed by atoms with Crippen LogP contribution < -0.4 is 9.47 Å². The molecule has 0 N–H and O–H groups in total. The zero-order valence-corrected chi connectivity index (χ0v) is 11.3. The van der Waals surface area contributed by atoms with E-state index in [9.17, 15) is 14.9 Å². The van der Waals surface area contributed by atoms with Crippen molar-refractivity contribution in [1.82, 2.24) is 0 Å². The largest absolute Gasteiger partial charge is 0.488 e. The Morgan fingerprint density at radius 1 is 1.14 bits per heavy atom. The Kier molecular flexibility index (Phi) is 4.50. The number of nitro benzene ring substituents is 1. The van der Waals surface area contributed by atoms with E-state index in [1.807, 2.05) is 30.3 Å². The van der Waals surface area contributed by atoms with Crippen LogP contribution in [0.1, 0.15) is 15.9 Å². The van der Waals surface area contributed by atoms with Crippen LogP contribution in [0.25, 0.3) is 0 Å². The summed E-state index contributed by atoms with van der Waals surface area (Å²) in [6.07, 6.45) is 0.576. The third-order valence-electron chi connectivity index (χ3n) is 2.88. The molecule has 21 heavy (non-hydrogen) atoms. The molecule has 2 rings (SSSR count). The summed E-state index contributed by atoms with van der Waals surface area (Å²) in [6.45, 7) is 0.180. The van der Waals surface area contributed by atoms with Crippen LogP contribution >= 0.6 is 0 Å². The highest BCUT2D eigenvalue weighted by molar-refractivity contribution is 5.83. The molecule has 0 amide bonds. The van der Waals surface area contributed by atoms with Gasteiger partial charge in [0, 0.05) is 6.07 Å². The van der Waals surface area contributed by atoms with Gasteiger partial charge in [-0.25, -0.2) is 0 Å². The maximum Gasteiger partial charge on any atom is 0.314 e. The minimum Gasteiger partial charge on any atom is -0.488 e. The van der Waals surface area contributed by atoms with Crippen LogP contribution in [0.2, 0.25) is 0 Å². The van der Waals surface area contributed by atoms with E-state index in [2.05, 4.69) is 0 Å². The first-order chi connectivity index (χ1) is 10.2. The fourth-order valence-electron chi connectivity index (χ4n) is 1.88. The molecular weight excluding hydrogens is 274 g/mol. The average molecular weight is 287 g/mol. The SMILES string of the molecule is COc1c([N+](=O)[O-])ccc(C=O)c1OCc1ccccc1. The van der Waals surface area contributed by atoms with Crippen molar-refractivity contribution in [2.75, 3.05) is 7.11 Å². The van der Waals surface area contributed by atoms with E-state index in [4.69, 9.17) is 9.47 Å². The number of carbonyl (C=O) groups excluding carboxylic acids is 1. The molecule has 0 aliphatic carbocycles. The van der Waals surface area contributed by atoms with Crippen molar-refractivity contribution in [3.05, 3.63) is 63.7 Å². The molecular formula is C15H13NO5. The second-order valence-corrected chi connectivity index (χ2v) is 4.19. The van der Waals surface area contributed by atoms with Crippen molar-refractivity contribution in [2.24, 2.45) is 0 Å². The molecule has 0 saturated heterocycles. The molecule has 0 aliphatic heterocycles. The van der Waals surface area contributed by atoms with Gasteiger partial charge < -0.3 is 9.47 Å². The monoisotopic (exact) mass is 287 g/mol. The Morgan fingerprint density at radius 2 is 1.86 bits per heavy atom. The fraction of sp³-hybridized carbons (Fsp3) is 0.133. The molecule has 0 unspecified atom stereocenters. The lowest BCUT2D eigenvalue weighted by molar-refractivity contribution is -0.385. The fourth-order valence-corrected chi connectivity index (χ4v) is 1.88. The number of hydrogen-bond acceptors (Lipinski definition) is 5. The molecule has 0 radical (unpaired) electrons. The number of aldehydes is 1. The standard InChI is InChI=1S/C15H13NO5/c1-20-15-13(16(18)19)8-7-12(9-17)14(15)21-10-11-5-3-2-4-6-11/h2-9H,10H2,1H3. The number of methoxy groups -OCH3 is 1. The van der Waals surface area contributed by atoms with E-state index < -0.39 is 4.92 Å². The van der Waals surface area contributed by atoms with Crippen LogP contribution in [-0.4, -0.2) is 18.3 Å². The number of benzene rings is 2. The molecule has 0 spiro atoms. The minimum atomic E-state index is -0.581. The van der Waals surface area contributed by atoms with Gasteiger partial charge in [0.05, 0.1) is 17.6 Å². The first-order valence-electron chi connectivity index (χ1n) is 6.14. The van der Waals surface area contributed by atoms with E-state index >= 15 is 0 Å². The Labute approximate surface area is 121 Å². The first-order valence-corrected chi connectivity index (χ1v) is 6.14. The Balaban J connectivity index is 2.37. The second kappa shape index (κ2) is 6.51. The maximum absolute atomic E-state index is 11.1. The van der Waals surface area contributed by atoms with Crippen molar-refractivity contribution in [1.29, 1.82) is 0 Å². The highest BCUT2D eigenvalue weighted by atomic mass is 16.6. The normalized spacial score (nSPS) is 9.95. The van der Waals surface area contributed by atoms with Crippen molar-refractivity contribution >= 4 is 12.0 Å². The lowest BCUT2D eigenvalue weighted by Crippen LogP contribution is -2.03. The van der Waals surface area contributed by atoms with Crippen LogP contribution in [0.3, 0.4) is 0 Å². The summed E-state index contributed by atoms with van der Waals surface area (Å²) in [7, 11) is 1.30. The zero-order chi connectivity index (χ0) is 15.2. The van der Waals surface area contributed by atoms with E-state index in [0.717, 1.165) is 5.56 Å². The predicted molar refractivity (Wildman–Crippen MR) is 75.8 cm³/mol. The summed E-state index contributed by atoms with van der Waals surface area (Å²) in [6, 6.07) is 11.8. The highest BCUT2D eigenvalue weighted by Crippen LogP contribution is 2.39. The molecule has 6 nitrogen and oxygen atoms in total. The molecule has 108 valence electrons. The summed E-state index contributed by atoms with van der Waals surface area (Å²) in [5, 5.41) is 11.0. The quantitative estimate of drug-likeness (QED) is 0.463. The Hall–Kier alpha value is -2.89. The first kappa shape index (κ1) is 14.5. The summed E-state index contributed by atoms with van der Waals surface area (Å²) in [4.78, 5) is 21.5. The van der Waals surface area contributed by atoms with Crippen molar-refractivity contribution in [3.8, 4) is 11.5 Å². The Morgan fingerprint density at radius 3 is 2.43 bits per heavy atom. The van der Waals surface area contributed by atoms with E-state index in [1.54, 1.807) is 0 Å². The van der Waals surface area contributed by atoms with Gasteiger partial charge in [-0.1, -0.05) is 30.3 Å². The number of nitrogens with zero attached hydrogens (tertiary/aromatic N) is 1. The van der Waals surface area contributed by atoms with Crippen LogP contribution in [0.4, 0.5) is 5.69 Å². The minimum absolute atomic E-state index is 0.0551. The summed E-state index contributed by atoms with van der Waals surface area (Å²) < 4.78 is 10.6. The van der Waals surface area contributed by atoms with E-state index in [1.165, 1.54) is 19.2 Å². The van der Waals surface area contributed by atoms with Crippen molar-refractivity contribution in [2.45, 2.75) is 6.61 Å². The van der Waals surface area contributed by atoms with Gasteiger partial charge in [-0.3, -0.25) is 14.9 Å². The van der Waals surface area contributed by atoms with Gasteiger partial charge in [0.2, 0.25) is 5.75 Å². The van der Waals surface area contributed by atoms with Crippen molar-refractivity contribution < 1.29 is 19.2 Å². The lowest BCUT2D eigenvalue weighted by Gasteiger charge is -2.12. The van der Waals surface area contributed by atoms with Gasteiger partial charge in [0.1, 0.15) is 6.61 Å². The van der Waals surface area contributed by atoms with Crippen LogP contribution in [0.5, 0.6) is 11.5 Å². The van der Waals surface area contributed by atoms with Gasteiger partial charge >= 0.3 is 5.69 Å². The highest BCUT2D eigenvalue weighted by Gasteiger charge is 2.23. The third-order valence-corrected chi connectivity index (χ3v) is 2.88. The maximum atomic E-state index is 11.1. The molecule has 0 aromatic heterocycles. The predicted octanol–water partition coefficient (Wildman–Crippen LogP) is 2.99. The van der Waals surface area contributed by atoms with E-state index in [-0.39, 0.29) is 29.4 Å². The Bertz CT molecular complexity index is 655. The van der Waals surface area contributed by atoms with Gasteiger partial charge in [-0.2, -0.15) is 0 Å². The van der Waals surface area contributed by atoms with Gasteiger partial charge in [-0.15, -0.1) is 0 Å². The van der Waals surface area contributed by atoms with Crippen LogP contribution in [0.15, 0.2) is 42.5 Å². The molecule has 2 aromatic rings. The molecule has 0 saturated carbocycles. The molecule has 0 heterocycles. The molecule has 0 aliphatic rings. The molecule has 0 bridgehead atoms. The van der Waals surface area contributed by atoms with E-state index in [0.29, 0.717) is 6.29 Å². The smallest absolute Gasteiger partial charge is 0.314 e. The number of rotatable bonds is 6. The molecule has 2 aromatic carbocycles. The summed E-state index contributed by atoms with van der Waals surface area (Å²) in [5.41, 5.74) is 0.836. The second-order valence-electron chi connectivity index (χ2n) is 4.19. The molecule has 0 atom stereocenters. The van der Waals surface area contributed by atoms with Gasteiger partial charge in [0.25, 0.3) is 0 Å².